The van der Waals surface area contributed by atoms with Crippen molar-refractivity contribution in [2.75, 3.05) is 41.3 Å². The van der Waals surface area contributed by atoms with Crippen LogP contribution in [0.25, 0.3) is 0 Å². The van der Waals surface area contributed by atoms with Crippen LogP contribution in [0.2, 0.25) is 0 Å². The highest BCUT2D eigenvalue weighted by Crippen LogP contribution is 2.19. The lowest BCUT2D eigenvalue weighted by Gasteiger charge is -2.36. The molecule has 1 aliphatic rings. The van der Waals surface area contributed by atoms with Crippen LogP contribution >= 0.6 is 0 Å². The molecule has 1 aliphatic heterocycles. The van der Waals surface area contributed by atoms with Gasteiger partial charge in [-0.25, -0.2) is 9.97 Å². The molecule has 4 rings (SSSR count). The highest BCUT2D eigenvalue weighted by molar-refractivity contribution is 5.91. The Hall–Kier alpha value is -3.41. The van der Waals surface area contributed by atoms with Gasteiger partial charge in [-0.2, -0.15) is 0 Å². The number of anilines is 3. The van der Waals surface area contributed by atoms with Gasteiger partial charge in [-0.05, 0) is 36.8 Å². The maximum atomic E-state index is 12.3. The van der Waals surface area contributed by atoms with E-state index in [0.717, 1.165) is 48.8 Å². The number of aryl methyl sites for hydroxylation is 1. The highest BCUT2D eigenvalue weighted by atomic mass is 16.1. The van der Waals surface area contributed by atoms with E-state index >= 15 is 0 Å². The van der Waals surface area contributed by atoms with Crippen LogP contribution in [0.15, 0.2) is 67.0 Å². The van der Waals surface area contributed by atoms with Crippen LogP contribution in [-0.2, 0) is 11.2 Å². The highest BCUT2D eigenvalue weighted by Gasteiger charge is 2.18. The maximum absolute atomic E-state index is 12.3. The molecule has 1 aromatic carbocycles. The van der Waals surface area contributed by atoms with Crippen LogP contribution in [0.5, 0.6) is 0 Å². The first kappa shape index (κ1) is 18.9. The molecule has 0 saturated carbocycles. The van der Waals surface area contributed by atoms with E-state index in [0.29, 0.717) is 12.2 Å². The summed E-state index contributed by atoms with van der Waals surface area (Å²) in [5.41, 5.74) is 3.23. The van der Waals surface area contributed by atoms with Gasteiger partial charge in [0.15, 0.2) is 0 Å². The third kappa shape index (κ3) is 4.90. The fourth-order valence-electron chi connectivity index (χ4n) is 3.58. The molecule has 1 amide bonds. The largest absolute Gasteiger partial charge is 0.367 e. The Kier molecular flexibility index (Phi) is 5.70. The maximum Gasteiger partial charge on any atom is 0.229 e. The molecular weight excluding hydrogens is 362 g/mol. The molecule has 3 aromatic rings. The molecule has 0 spiro atoms. The molecule has 1 N–H and O–H groups in total. The number of benzene rings is 1. The Morgan fingerprint density at radius 3 is 2.48 bits per heavy atom. The fraction of sp³-hybridized carbons (Fsp3) is 0.261. The Balaban J connectivity index is 1.31. The molecule has 0 aliphatic carbocycles. The van der Waals surface area contributed by atoms with Crippen molar-refractivity contribution in [1.82, 2.24) is 9.97 Å². The number of amides is 1. The number of carbonyl (C=O) groups excluding carboxylic acids is 1. The summed E-state index contributed by atoms with van der Waals surface area (Å²) in [4.78, 5) is 25.7. The Bertz CT molecular complexity index is 951. The van der Waals surface area contributed by atoms with E-state index in [-0.39, 0.29) is 5.91 Å². The van der Waals surface area contributed by atoms with Gasteiger partial charge in [0.1, 0.15) is 11.6 Å². The van der Waals surface area contributed by atoms with Gasteiger partial charge in [0.05, 0.1) is 18.3 Å². The lowest BCUT2D eigenvalue weighted by Crippen LogP contribution is -2.46. The van der Waals surface area contributed by atoms with E-state index in [4.69, 9.17) is 0 Å². The minimum absolute atomic E-state index is 0.0557. The van der Waals surface area contributed by atoms with E-state index in [2.05, 4.69) is 25.1 Å². The van der Waals surface area contributed by atoms with Gasteiger partial charge in [-0.1, -0.05) is 35.9 Å². The molecule has 2 aromatic heterocycles. The number of hydrogen-bond acceptors (Lipinski definition) is 5. The summed E-state index contributed by atoms with van der Waals surface area (Å²) in [5.74, 6) is 1.55. The normalized spacial score (nSPS) is 14.0. The number of hydrogen-bond donors (Lipinski definition) is 1. The smallest absolute Gasteiger partial charge is 0.229 e. The number of pyridine rings is 2. The van der Waals surface area contributed by atoms with Gasteiger partial charge in [-0.15, -0.1) is 0 Å². The summed E-state index contributed by atoms with van der Waals surface area (Å²) >= 11 is 0. The van der Waals surface area contributed by atoms with Crippen LogP contribution in [0.4, 0.5) is 17.3 Å². The molecular formula is C23H25N5O. The summed E-state index contributed by atoms with van der Waals surface area (Å²) in [6, 6.07) is 17.9. The van der Waals surface area contributed by atoms with E-state index in [1.165, 1.54) is 0 Å². The van der Waals surface area contributed by atoms with Gasteiger partial charge < -0.3 is 15.1 Å². The molecule has 0 unspecified atom stereocenters. The zero-order valence-electron chi connectivity index (χ0n) is 16.6. The van der Waals surface area contributed by atoms with Crippen LogP contribution in [0.3, 0.4) is 0 Å². The van der Waals surface area contributed by atoms with Crippen molar-refractivity contribution in [3.63, 3.8) is 0 Å². The number of piperazine rings is 1. The Morgan fingerprint density at radius 1 is 0.966 bits per heavy atom. The molecule has 29 heavy (non-hydrogen) atoms. The molecule has 6 nitrogen and oxygen atoms in total. The SMILES string of the molecule is Cc1cccc(CC(=O)Nc2ccc(N3CCN(c4ccccn4)CC3)cn2)c1. The minimum Gasteiger partial charge on any atom is -0.367 e. The van der Waals surface area contributed by atoms with Crippen molar-refractivity contribution in [2.24, 2.45) is 0 Å². The number of nitrogens with zero attached hydrogens (tertiary/aromatic N) is 4. The van der Waals surface area contributed by atoms with Gasteiger partial charge in [-0.3, -0.25) is 4.79 Å². The summed E-state index contributed by atoms with van der Waals surface area (Å²) < 4.78 is 0. The number of rotatable bonds is 5. The average molecular weight is 387 g/mol. The topological polar surface area (TPSA) is 61.4 Å². The average Bonchev–Trinajstić information content (AvgIpc) is 2.75. The zero-order chi connectivity index (χ0) is 20.1. The van der Waals surface area contributed by atoms with Gasteiger partial charge >= 0.3 is 0 Å². The monoisotopic (exact) mass is 387 g/mol. The van der Waals surface area contributed by atoms with E-state index < -0.39 is 0 Å². The van der Waals surface area contributed by atoms with E-state index in [9.17, 15) is 4.79 Å². The molecule has 6 heteroatoms. The molecule has 1 saturated heterocycles. The first-order valence-corrected chi connectivity index (χ1v) is 9.90. The lowest BCUT2D eigenvalue weighted by atomic mass is 10.1. The first-order chi connectivity index (χ1) is 14.2. The minimum atomic E-state index is -0.0557. The number of carbonyl (C=O) groups is 1. The molecule has 1 fully saturated rings. The lowest BCUT2D eigenvalue weighted by molar-refractivity contribution is -0.115. The summed E-state index contributed by atoms with van der Waals surface area (Å²) in [6.07, 6.45) is 4.01. The van der Waals surface area contributed by atoms with Crippen molar-refractivity contribution in [1.29, 1.82) is 0 Å². The second-order valence-electron chi connectivity index (χ2n) is 7.28. The predicted molar refractivity (Wildman–Crippen MR) is 116 cm³/mol. The van der Waals surface area contributed by atoms with Crippen LogP contribution < -0.4 is 15.1 Å². The first-order valence-electron chi connectivity index (χ1n) is 9.90. The Morgan fingerprint density at radius 2 is 1.79 bits per heavy atom. The summed E-state index contributed by atoms with van der Waals surface area (Å²) in [5, 5.41) is 2.88. The third-order valence-electron chi connectivity index (χ3n) is 5.08. The molecule has 0 atom stereocenters. The van der Waals surface area contributed by atoms with Crippen molar-refractivity contribution in [3.8, 4) is 0 Å². The van der Waals surface area contributed by atoms with Crippen LogP contribution in [-0.4, -0.2) is 42.1 Å². The van der Waals surface area contributed by atoms with Crippen molar-refractivity contribution >= 4 is 23.2 Å². The van der Waals surface area contributed by atoms with E-state index in [1.807, 2.05) is 73.9 Å². The third-order valence-corrected chi connectivity index (χ3v) is 5.08. The Labute approximate surface area is 171 Å². The van der Waals surface area contributed by atoms with E-state index in [1.54, 1.807) is 0 Å². The summed E-state index contributed by atoms with van der Waals surface area (Å²) in [7, 11) is 0. The van der Waals surface area contributed by atoms with Crippen LogP contribution in [0.1, 0.15) is 11.1 Å². The van der Waals surface area contributed by atoms with Gasteiger partial charge in [0.2, 0.25) is 5.91 Å². The van der Waals surface area contributed by atoms with Crippen molar-refractivity contribution in [3.05, 3.63) is 78.1 Å². The summed E-state index contributed by atoms with van der Waals surface area (Å²) in [6.45, 7) is 5.70. The molecule has 0 radical (unpaired) electrons. The van der Waals surface area contributed by atoms with Crippen LogP contribution in [0, 0.1) is 6.92 Å². The van der Waals surface area contributed by atoms with Crippen molar-refractivity contribution < 1.29 is 4.79 Å². The standard InChI is InChI=1S/C23H25N5O/c1-18-5-4-6-19(15-18)16-23(29)26-21-9-8-20(17-25-21)27-11-13-28(14-12-27)22-7-2-3-10-24-22/h2-10,15,17H,11-14,16H2,1H3,(H,25,26,29). The van der Waals surface area contributed by atoms with Gasteiger partial charge in [0.25, 0.3) is 0 Å². The fourth-order valence-corrected chi connectivity index (χ4v) is 3.58. The predicted octanol–water partition coefficient (Wildman–Crippen LogP) is 3.29. The number of aromatic nitrogens is 2. The second kappa shape index (κ2) is 8.73. The molecule has 3 heterocycles. The molecule has 148 valence electrons. The second-order valence-corrected chi connectivity index (χ2v) is 7.28. The number of nitrogens with one attached hydrogen (secondary N) is 1. The van der Waals surface area contributed by atoms with Gasteiger partial charge in [0, 0.05) is 32.4 Å². The zero-order valence-corrected chi connectivity index (χ0v) is 16.6. The quantitative estimate of drug-likeness (QED) is 0.728. The van der Waals surface area contributed by atoms with Crippen molar-refractivity contribution in [2.45, 2.75) is 13.3 Å². The molecule has 0 bridgehead atoms.